The van der Waals surface area contributed by atoms with Crippen LogP contribution in [0.3, 0.4) is 0 Å². The number of benzene rings is 2. The number of nitrogens with zero attached hydrogens (tertiary/aromatic N) is 2. The Kier molecular flexibility index (Phi) is 3.84. The highest BCUT2D eigenvalue weighted by molar-refractivity contribution is 7.91. The lowest BCUT2D eigenvalue weighted by atomic mass is 10.1. The van der Waals surface area contributed by atoms with Crippen molar-refractivity contribution in [2.24, 2.45) is 0 Å². The van der Waals surface area contributed by atoms with Crippen LogP contribution >= 0.6 is 0 Å². The molecule has 26 heavy (non-hydrogen) atoms. The highest BCUT2D eigenvalue weighted by Gasteiger charge is 2.54. The predicted molar refractivity (Wildman–Crippen MR) is 104 cm³/mol. The van der Waals surface area contributed by atoms with E-state index in [-0.39, 0.29) is 29.6 Å². The van der Waals surface area contributed by atoms with Gasteiger partial charge in [-0.2, -0.15) is 0 Å². The van der Waals surface area contributed by atoms with Gasteiger partial charge in [-0.3, -0.25) is 9.80 Å². The lowest BCUT2D eigenvalue weighted by Gasteiger charge is -2.23. The molecule has 0 aromatic heterocycles. The molecule has 0 radical (unpaired) electrons. The summed E-state index contributed by atoms with van der Waals surface area (Å²) in [4.78, 5) is 16.6. The Hall–Kier alpha value is -2.34. The van der Waals surface area contributed by atoms with Crippen LogP contribution in [0.25, 0.3) is 0 Å². The lowest BCUT2D eigenvalue weighted by molar-refractivity contribution is 0.255. The fourth-order valence-electron chi connectivity index (χ4n) is 3.89. The van der Waals surface area contributed by atoms with Gasteiger partial charge in [0.05, 0.1) is 23.6 Å². The van der Waals surface area contributed by atoms with Gasteiger partial charge >= 0.3 is 6.03 Å². The van der Waals surface area contributed by atoms with Gasteiger partial charge in [-0.15, -0.1) is 0 Å². The summed E-state index contributed by atoms with van der Waals surface area (Å²) in [5.41, 5.74) is 4.84. The summed E-state index contributed by atoms with van der Waals surface area (Å²) >= 11 is 0. The number of hydrogen-bond acceptors (Lipinski definition) is 3. The second kappa shape index (κ2) is 5.84. The number of carbonyl (C=O) groups excluding carboxylic acids is 1. The number of sulfone groups is 1. The third-order valence-corrected chi connectivity index (χ3v) is 7.15. The summed E-state index contributed by atoms with van der Waals surface area (Å²) in [6.07, 6.45) is 0. The summed E-state index contributed by atoms with van der Waals surface area (Å²) in [6.45, 7) is 6.01. The molecule has 0 saturated carbocycles. The van der Waals surface area contributed by atoms with Crippen LogP contribution in [0.5, 0.6) is 0 Å². The van der Waals surface area contributed by atoms with E-state index in [4.69, 9.17) is 0 Å². The molecule has 136 valence electrons. The number of urea groups is 1. The number of amides is 2. The molecule has 2 saturated heterocycles. The fraction of sp³-hybridized carbons (Fsp3) is 0.350. The summed E-state index contributed by atoms with van der Waals surface area (Å²) in [7, 11) is -3.17. The van der Waals surface area contributed by atoms with Crippen LogP contribution in [0, 0.1) is 20.8 Å². The summed E-state index contributed by atoms with van der Waals surface area (Å²) in [6, 6.07) is 12.7. The van der Waals surface area contributed by atoms with E-state index in [9.17, 15) is 13.2 Å². The Morgan fingerprint density at radius 1 is 0.808 bits per heavy atom. The number of hydrogen-bond donors (Lipinski definition) is 0. The molecule has 0 unspecified atom stereocenters. The minimum absolute atomic E-state index is 0.0125. The Morgan fingerprint density at radius 3 is 1.92 bits per heavy atom. The molecule has 2 heterocycles. The van der Waals surface area contributed by atoms with Crippen molar-refractivity contribution in [2.75, 3.05) is 21.3 Å². The zero-order valence-electron chi connectivity index (χ0n) is 15.1. The SMILES string of the molecule is Cc1ccc(N2C(=O)N(c3ccc(C)c(C)c3)[C@@H]3CS(=O)(=O)C[C@H]32)cc1. The van der Waals surface area contributed by atoms with Crippen LogP contribution in [0.15, 0.2) is 42.5 Å². The van der Waals surface area contributed by atoms with Crippen molar-refractivity contribution in [3.05, 3.63) is 59.2 Å². The molecule has 0 aliphatic carbocycles. The van der Waals surface area contributed by atoms with Crippen molar-refractivity contribution in [1.29, 1.82) is 0 Å². The standard InChI is InChI=1S/C20H22N2O3S/c1-13-4-7-16(8-5-13)21-18-11-26(24,25)12-19(18)22(20(21)23)17-9-6-14(2)15(3)10-17/h4-10,18-19H,11-12H2,1-3H3/t18-,19-/m1/s1. The molecular weight excluding hydrogens is 348 g/mol. The molecule has 4 rings (SSSR count). The average molecular weight is 370 g/mol. The first-order chi connectivity index (χ1) is 12.3. The van der Waals surface area contributed by atoms with Crippen molar-refractivity contribution in [3.63, 3.8) is 0 Å². The van der Waals surface area contributed by atoms with Gasteiger partial charge < -0.3 is 0 Å². The highest BCUT2D eigenvalue weighted by Crippen LogP contribution is 2.38. The zero-order valence-corrected chi connectivity index (χ0v) is 16.0. The molecule has 0 spiro atoms. The van der Waals surface area contributed by atoms with E-state index in [2.05, 4.69) is 0 Å². The van der Waals surface area contributed by atoms with Crippen LogP contribution in [-0.2, 0) is 9.84 Å². The maximum atomic E-state index is 13.3. The van der Waals surface area contributed by atoms with Crippen molar-refractivity contribution in [3.8, 4) is 0 Å². The van der Waals surface area contributed by atoms with E-state index in [1.54, 1.807) is 9.80 Å². The van der Waals surface area contributed by atoms with E-state index >= 15 is 0 Å². The van der Waals surface area contributed by atoms with E-state index in [0.717, 1.165) is 28.1 Å². The molecule has 0 N–H and O–H groups in total. The van der Waals surface area contributed by atoms with Gasteiger partial charge in [0.25, 0.3) is 0 Å². The van der Waals surface area contributed by atoms with Crippen LogP contribution in [0.2, 0.25) is 0 Å². The van der Waals surface area contributed by atoms with Gasteiger partial charge in [0, 0.05) is 11.4 Å². The van der Waals surface area contributed by atoms with E-state index in [0.29, 0.717) is 0 Å². The summed E-state index contributed by atoms with van der Waals surface area (Å²) in [5, 5.41) is 0. The van der Waals surface area contributed by atoms with Crippen molar-refractivity contribution < 1.29 is 13.2 Å². The number of aryl methyl sites for hydroxylation is 3. The number of rotatable bonds is 2. The van der Waals surface area contributed by atoms with Gasteiger partial charge in [-0.25, -0.2) is 13.2 Å². The monoisotopic (exact) mass is 370 g/mol. The first-order valence-corrected chi connectivity index (χ1v) is 10.6. The lowest BCUT2D eigenvalue weighted by Crippen LogP contribution is -2.38. The number of carbonyl (C=O) groups is 1. The smallest absolute Gasteiger partial charge is 0.288 e. The largest absolute Gasteiger partial charge is 0.329 e. The van der Waals surface area contributed by atoms with Crippen LogP contribution in [0.4, 0.5) is 16.2 Å². The molecule has 2 aliphatic rings. The second-order valence-electron chi connectivity index (χ2n) is 7.34. The van der Waals surface area contributed by atoms with Crippen LogP contribution in [-0.4, -0.2) is 38.0 Å². The Balaban J connectivity index is 1.81. The van der Waals surface area contributed by atoms with E-state index < -0.39 is 9.84 Å². The van der Waals surface area contributed by atoms with Crippen molar-refractivity contribution in [2.45, 2.75) is 32.9 Å². The predicted octanol–water partition coefficient (Wildman–Crippen LogP) is 3.22. The molecule has 2 aliphatic heterocycles. The number of anilines is 2. The molecular formula is C20H22N2O3S. The Bertz CT molecular complexity index is 983. The maximum absolute atomic E-state index is 13.3. The van der Waals surface area contributed by atoms with E-state index in [1.807, 2.05) is 63.2 Å². The normalized spacial score (nSPS) is 24.2. The summed E-state index contributed by atoms with van der Waals surface area (Å²) < 4.78 is 24.6. The fourth-order valence-corrected chi connectivity index (χ4v) is 5.81. The number of fused-ring (bicyclic) bond motifs is 1. The highest BCUT2D eigenvalue weighted by atomic mass is 32.2. The molecule has 2 aromatic carbocycles. The third kappa shape index (κ3) is 2.69. The Morgan fingerprint density at radius 2 is 1.35 bits per heavy atom. The first kappa shape index (κ1) is 17.1. The van der Waals surface area contributed by atoms with Crippen molar-refractivity contribution in [1.82, 2.24) is 0 Å². The average Bonchev–Trinajstić information content (AvgIpc) is 3.00. The molecule has 2 aromatic rings. The summed E-state index contributed by atoms with van der Waals surface area (Å²) in [5.74, 6) is 0.0251. The van der Waals surface area contributed by atoms with E-state index in [1.165, 1.54) is 0 Å². The maximum Gasteiger partial charge on any atom is 0.329 e. The second-order valence-corrected chi connectivity index (χ2v) is 9.49. The molecule has 6 heteroatoms. The van der Waals surface area contributed by atoms with Gasteiger partial charge in [0.1, 0.15) is 0 Å². The van der Waals surface area contributed by atoms with Gasteiger partial charge in [-0.1, -0.05) is 23.8 Å². The van der Waals surface area contributed by atoms with Gasteiger partial charge in [-0.05, 0) is 56.2 Å². The third-order valence-electron chi connectivity index (χ3n) is 5.45. The van der Waals surface area contributed by atoms with Crippen molar-refractivity contribution >= 4 is 27.2 Å². The zero-order chi connectivity index (χ0) is 18.6. The Labute approximate surface area is 154 Å². The first-order valence-electron chi connectivity index (χ1n) is 8.73. The van der Waals surface area contributed by atoms with Gasteiger partial charge in [0.15, 0.2) is 9.84 Å². The molecule has 2 atom stereocenters. The molecule has 0 bridgehead atoms. The van der Waals surface area contributed by atoms with Gasteiger partial charge in [0.2, 0.25) is 0 Å². The molecule has 5 nitrogen and oxygen atoms in total. The molecule has 2 amide bonds. The topological polar surface area (TPSA) is 57.7 Å². The van der Waals surface area contributed by atoms with Crippen LogP contribution < -0.4 is 9.80 Å². The minimum Gasteiger partial charge on any atom is -0.288 e. The quantitative estimate of drug-likeness (QED) is 0.763. The molecule has 2 fully saturated rings. The minimum atomic E-state index is -3.17. The van der Waals surface area contributed by atoms with Crippen LogP contribution in [0.1, 0.15) is 16.7 Å².